The number of aromatic nitrogens is 5. The monoisotopic (exact) mass is 715 g/mol. The average molecular weight is 716 g/mol. The normalized spacial score (nSPS) is 17.3. The number of alkyl carbamates (subject to hydrolysis) is 1. The zero-order valence-electron chi connectivity index (χ0n) is 28.1. The second-order valence-electron chi connectivity index (χ2n) is 13.9. The van der Waals surface area contributed by atoms with Crippen molar-refractivity contribution in [1.29, 1.82) is 5.41 Å². The maximum Gasteiger partial charge on any atom is 0.407 e. The van der Waals surface area contributed by atoms with E-state index in [-0.39, 0.29) is 28.6 Å². The molecule has 266 valence electrons. The number of hydrogen-bond acceptors (Lipinski definition) is 7. The molecule has 0 spiro atoms. The van der Waals surface area contributed by atoms with Gasteiger partial charge in [-0.2, -0.15) is 5.10 Å². The smallest absolute Gasteiger partial charge is 0.407 e. The Bertz CT molecular complexity index is 1820. The lowest BCUT2D eigenvalue weighted by Gasteiger charge is -2.37. The Hall–Kier alpha value is -4.79. The van der Waals surface area contributed by atoms with E-state index in [4.69, 9.17) is 16.3 Å². The highest BCUT2D eigenvalue weighted by Gasteiger charge is 2.47. The first kappa shape index (κ1) is 36.5. The summed E-state index contributed by atoms with van der Waals surface area (Å²) in [5.41, 5.74) is -0.730. The van der Waals surface area contributed by atoms with Gasteiger partial charge in [0, 0.05) is 24.5 Å². The fraction of sp³-hybridized carbons (Fsp3) is 0.412. The van der Waals surface area contributed by atoms with Crippen LogP contribution in [-0.2, 0) is 10.3 Å². The van der Waals surface area contributed by atoms with E-state index >= 15 is 0 Å². The number of nitrogens with zero attached hydrogens (tertiary/aromatic N) is 6. The number of carbonyl (C=O) groups is 1. The van der Waals surface area contributed by atoms with Gasteiger partial charge in [-0.3, -0.25) is 5.41 Å². The summed E-state index contributed by atoms with van der Waals surface area (Å²) >= 11 is 6.47. The van der Waals surface area contributed by atoms with Crippen LogP contribution in [0.1, 0.15) is 70.5 Å². The van der Waals surface area contributed by atoms with Crippen molar-refractivity contribution < 1.29 is 27.1 Å². The predicted molar refractivity (Wildman–Crippen MR) is 179 cm³/mol. The number of halogens is 5. The molecule has 2 aromatic heterocycles. The van der Waals surface area contributed by atoms with E-state index in [0.717, 1.165) is 36.0 Å². The molecule has 2 atom stereocenters. The molecule has 1 aliphatic heterocycles. The summed E-state index contributed by atoms with van der Waals surface area (Å²) in [5.74, 6) is -0.0733. The molecule has 0 aliphatic carbocycles. The maximum absolute atomic E-state index is 13.8. The minimum atomic E-state index is -2.95. The van der Waals surface area contributed by atoms with Crippen molar-refractivity contribution in [3.8, 4) is 17.1 Å². The fourth-order valence-electron chi connectivity index (χ4n) is 5.99. The summed E-state index contributed by atoms with van der Waals surface area (Å²) in [6.07, 6.45) is -2.05. The van der Waals surface area contributed by atoms with Crippen molar-refractivity contribution in [2.45, 2.75) is 71.0 Å². The molecule has 1 saturated heterocycles. The lowest BCUT2D eigenvalue weighted by atomic mass is 9.76. The van der Waals surface area contributed by atoms with Crippen LogP contribution >= 0.6 is 11.6 Å². The standard InChI is InChI=1S/C34H38ClF4N9O2/c1-32(2,3)17-34(22-10-7-20(8-11-22)27-41-13-6-14-42-27)18-47(30(40)45-34)25(16-50-31(49)46-33(4,5)29(38)39)21-9-12-23(35)24(15-21)48-28(26(36)37)43-19-44-48/h6-15,19,25-26,29H,16-18H2,1-5H3,(H2,40,45)(H,46,49)/t25-,34+/m1/s1. The Balaban J connectivity index is 1.55. The van der Waals surface area contributed by atoms with Gasteiger partial charge in [-0.15, -0.1) is 0 Å². The molecule has 0 saturated carbocycles. The third-order valence-electron chi connectivity index (χ3n) is 8.25. The Morgan fingerprint density at radius 2 is 1.74 bits per heavy atom. The van der Waals surface area contributed by atoms with Crippen molar-refractivity contribution in [3.05, 3.63) is 89.2 Å². The van der Waals surface area contributed by atoms with Crippen LogP contribution in [0, 0.1) is 10.8 Å². The van der Waals surface area contributed by atoms with Gasteiger partial charge >= 0.3 is 6.09 Å². The van der Waals surface area contributed by atoms with Crippen LogP contribution in [-0.4, -0.2) is 66.8 Å². The van der Waals surface area contributed by atoms with Gasteiger partial charge in [0.1, 0.15) is 12.9 Å². The first-order chi connectivity index (χ1) is 23.5. The van der Waals surface area contributed by atoms with Crippen LogP contribution in [0.3, 0.4) is 0 Å². The molecule has 3 N–H and O–H groups in total. The van der Waals surface area contributed by atoms with Crippen LogP contribution in [0.4, 0.5) is 22.4 Å². The first-order valence-electron chi connectivity index (χ1n) is 15.7. The van der Waals surface area contributed by atoms with Crippen molar-refractivity contribution >= 4 is 23.7 Å². The van der Waals surface area contributed by atoms with Gasteiger partial charge in [-0.1, -0.05) is 62.7 Å². The Kier molecular flexibility index (Phi) is 10.4. The molecule has 16 heteroatoms. The van der Waals surface area contributed by atoms with Gasteiger partial charge in [0.15, 0.2) is 17.6 Å². The topological polar surface area (TPSA) is 134 Å². The molecule has 0 bridgehead atoms. The zero-order chi connectivity index (χ0) is 36.4. The third kappa shape index (κ3) is 7.98. The molecule has 1 amide bonds. The second kappa shape index (κ2) is 14.2. The second-order valence-corrected chi connectivity index (χ2v) is 14.3. The minimum Gasteiger partial charge on any atom is -0.447 e. The molecule has 0 unspecified atom stereocenters. The molecular formula is C34H38ClF4N9O2. The summed E-state index contributed by atoms with van der Waals surface area (Å²) in [4.78, 5) is 26.8. The summed E-state index contributed by atoms with van der Waals surface area (Å²) in [5, 5.41) is 18.8. The van der Waals surface area contributed by atoms with Crippen molar-refractivity contribution in [3.63, 3.8) is 0 Å². The summed E-state index contributed by atoms with van der Waals surface area (Å²) < 4.78 is 61.1. The molecule has 3 heterocycles. The Morgan fingerprint density at radius 1 is 1.06 bits per heavy atom. The molecule has 0 radical (unpaired) electrons. The Labute approximate surface area is 291 Å². The van der Waals surface area contributed by atoms with Gasteiger partial charge in [-0.25, -0.2) is 42.0 Å². The van der Waals surface area contributed by atoms with Gasteiger partial charge in [-0.05, 0) is 55.0 Å². The number of amides is 1. The van der Waals surface area contributed by atoms with Gasteiger partial charge in [0.25, 0.3) is 12.9 Å². The van der Waals surface area contributed by atoms with Crippen molar-refractivity contribution in [2.24, 2.45) is 5.41 Å². The van der Waals surface area contributed by atoms with E-state index in [2.05, 4.69) is 51.5 Å². The van der Waals surface area contributed by atoms with Gasteiger partial charge < -0.3 is 20.3 Å². The number of guanidine groups is 1. The summed E-state index contributed by atoms with van der Waals surface area (Å²) in [6, 6.07) is 13.1. The molecular weight excluding hydrogens is 678 g/mol. The van der Waals surface area contributed by atoms with Crippen LogP contribution in [0.2, 0.25) is 5.02 Å². The molecule has 50 heavy (non-hydrogen) atoms. The van der Waals surface area contributed by atoms with Gasteiger partial charge in [0.2, 0.25) is 0 Å². The highest BCUT2D eigenvalue weighted by molar-refractivity contribution is 6.32. The number of benzene rings is 2. The molecule has 2 aromatic carbocycles. The van der Waals surface area contributed by atoms with Crippen molar-refractivity contribution in [2.75, 3.05) is 13.2 Å². The number of carbonyl (C=O) groups excluding carboxylic acids is 1. The molecule has 11 nitrogen and oxygen atoms in total. The van der Waals surface area contributed by atoms with E-state index in [1.54, 1.807) is 29.4 Å². The molecule has 4 aromatic rings. The quantitative estimate of drug-likeness (QED) is 0.138. The minimum absolute atomic E-state index is 0.00263. The average Bonchev–Trinajstić information content (AvgIpc) is 3.66. The lowest BCUT2D eigenvalue weighted by molar-refractivity contribution is 0.0411. The molecule has 1 fully saturated rings. The van der Waals surface area contributed by atoms with Crippen LogP contribution in [0.15, 0.2) is 67.3 Å². The molecule has 5 rings (SSSR count). The van der Waals surface area contributed by atoms with E-state index < -0.39 is 48.5 Å². The van der Waals surface area contributed by atoms with Crippen LogP contribution in [0.25, 0.3) is 17.1 Å². The number of nitrogens with one attached hydrogen (secondary N) is 3. The highest BCUT2D eigenvalue weighted by atomic mass is 35.5. The number of hydrogen-bond donors (Lipinski definition) is 3. The largest absolute Gasteiger partial charge is 0.447 e. The fourth-order valence-corrected chi connectivity index (χ4v) is 6.19. The van der Waals surface area contributed by atoms with Crippen molar-refractivity contribution in [1.82, 2.24) is 40.3 Å². The number of rotatable bonds is 11. The summed E-state index contributed by atoms with van der Waals surface area (Å²) in [7, 11) is 0. The van der Waals surface area contributed by atoms with E-state index in [1.807, 2.05) is 24.3 Å². The van der Waals surface area contributed by atoms with E-state index in [9.17, 15) is 27.8 Å². The predicted octanol–water partition coefficient (Wildman–Crippen LogP) is 7.30. The maximum atomic E-state index is 13.8. The lowest BCUT2D eigenvalue weighted by Crippen LogP contribution is -2.49. The Morgan fingerprint density at radius 3 is 2.36 bits per heavy atom. The zero-order valence-corrected chi connectivity index (χ0v) is 28.8. The van der Waals surface area contributed by atoms with Gasteiger partial charge in [0.05, 0.1) is 27.8 Å². The highest BCUT2D eigenvalue weighted by Crippen LogP contribution is 2.42. The summed E-state index contributed by atoms with van der Waals surface area (Å²) in [6.45, 7) is 8.38. The third-order valence-corrected chi connectivity index (χ3v) is 8.57. The van der Waals surface area contributed by atoms with E-state index in [0.29, 0.717) is 17.8 Å². The number of alkyl halides is 4. The van der Waals surface area contributed by atoms with Crippen LogP contribution in [0.5, 0.6) is 0 Å². The number of ether oxygens (including phenoxy) is 1. The van der Waals surface area contributed by atoms with E-state index in [1.165, 1.54) is 12.1 Å². The SMILES string of the molecule is CC(C)(C)C[C@@]1(c2ccc(-c3ncccn3)cc2)CN([C@H](COC(=O)NC(C)(C)C(F)F)c2ccc(Cl)c(-n3ncnc3C(F)F)c2)C(=N)N1. The molecule has 1 aliphatic rings. The first-order valence-corrected chi connectivity index (χ1v) is 16.1. The van der Waals surface area contributed by atoms with Crippen LogP contribution < -0.4 is 10.6 Å².